The maximum absolute atomic E-state index is 2.45. The largest absolute Gasteiger partial charge is 0.122 e. The molecule has 1 aliphatic heterocycles. The summed E-state index contributed by atoms with van der Waals surface area (Å²) in [7, 11) is -1.69. The van der Waals surface area contributed by atoms with Gasteiger partial charge >= 0.3 is 0 Å². The Kier molecular flexibility index (Phi) is 4.31. The number of rotatable bonds is 2. The highest BCUT2D eigenvalue weighted by molar-refractivity contribution is 7.12. The minimum absolute atomic E-state index is 0.375. The van der Waals surface area contributed by atoms with Gasteiger partial charge in [0.15, 0.2) is 0 Å². The average molecular weight is 351 g/mol. The fourth-order valence-electron chi connectivity index (χ4n) is 5.75. The van der Waals surface area contributed by atoms with Crippen LogP contribution >= 0.6 is 0 Å². The Bertz CT molecular complexity index is 732. The van der Waals surface area contributed by atoms with Crippen LogP contribution in [0.25, 0.3) is 0 Å². The molecule has 2 aromatic carbocycles. The first-order valence-corrected chi connectivity index (χ1v) is 11.9. The summed E-state index contributed by atoms with van der Waals surface area (Å²) in [5.74, 6) is 0. The van der Waals surface area contributed by atoms with Crippen LogP contribution in [0.1, 0.15) is 54.2 Å². The van der Waals surface area contributed by atoms with Gasteiger partial charge < -0.3 is 0 Å². The third-order valence-corrected chi connectivity index (χ3v) is 12.4. The Labute approximate surface area is 155 Å². The maximum Gasteiger partial charge on any atom is 0.122 e. The van der Waals surface area contributed by atoms with Gasteiger partial charge in [-0.1, -0.05) is 78.4 Å². The summed E-state index contributed by atoms with van der Waals surface area (Å²) < 4.78 is 0. The molecule has 1 aliphatic rings. The molecule has 0 radical (unpaired) electrons. The van der Waals surface area contributed by atoms with Crippen molar-refractivity contribution in [3.05, 3.63) is 57.6 Å². The molecule has 0 spiro atoms. The second-order valence-corrected chi connectivity index (χ2v) is 13.7. The van der Waals surface area contributed by atoms with Crippen LogP contribution in [0.15, 0.2) is 24.3 Å². The van der Waals surface area contributed by atoms with Crippen molar-refractivity contribution < 1.29 is 0 Å². The quantitative estimate of drug-likeness (QED) is 0.625. The SMILES string of the molecule is Cc1cc(C)c([Si]2(c3c(C)cc(C)cc3C)CC2C(C)(C)C)c(C)c1. The van der Waals surface area contributed by atoms with Gasteiger partial charge in [0, 0.05) is 0 Å². The van der Waals surface area contributed by atoms with E-state index in [1.165, 1.54) is 39.4 Å². The van der Waals surface area contributed by atoms with E-state index in [0.29, 0.717) is 5.41 Å². The Hall–Kier alpha value is -1.34. The Morgan fingerprint density at radius 1 is 0.680 bits per heavy atom. The topological polar surface area (TPSA) is 0 Å². The molecule has 1 unspecified atom stereocenters. The van der Waals surface area contributed by atoms with Gasteiger partial charge in [-0.2, -0.15) is 0 Å². The minimum atomic E-state index is -1.69. The summed E-state index contributed by atoms with van der Waals surface area (Å²) in [5.41, 5.74) is 10.1. The van der Waals surface area contributed by atoms with E-state index in [0.717, 1.165) is 5.54 Å². The van der Waals surface area contributed by atoms with E-state index >= 15 is 0 Å². The van der Waals surface area contributed by atoms with Crippen molar-refractivity contribution in [2.45, 2.75) is 73.9 Å². The van der Waals surface area contributed by atoms with E-state index in [4.69, 9.17) is 0 Å². The zero-order valence-electron chi connectivity index (χ0n) is 17.6. The molecule has 3 rings (SSSR count). The smallest absolute Gasteiger partial charge is 0.0602 e. The molecule has 1 atom stereocenters. The summed E-state index contributed by atoms with van der Waals surface area (Å²) in [6.07, 6.45) is 0. The Morgan fingerprint density at radius 2 is 1.00 bits per heavy atom. The van der Waals surface area contributed by atoms with Crippen LogP contribution in [0.5, 0.6) is 0 Å². The van der Waals surface area contributed by atoms with Crippen LogP contribution in [0, 0.1) is 47.0 Å². The third kappa shape index (κ3) is 2.91. The lowest BCUT2D eigenvalue weighted by Crippen LogP contribution is -2.52. The highest BCUT2D eigenvalue weighted by Crippen LogP contribution is 2.59. The van der Waals surface area contributed by atoms with E-state index in [2.05, 4.69) is 86.6 Å². The van der Waals surface area contributed by atoms with Crippen molar-refractivity contribution in [1.29, 1.82) is 0 Å². The molecule has 1 heterocycles. The van der Waals surface area contributed by atoms with Crippen LogP contribution in [-0.4, -0.2) is 8.07 Å². The summed E-state index contributed by atoms with van der Waals surface area (Å²) in [4.78, 5) is 0. The van der Waals surface area contributed by atoms with E-state index in [1.54, 1.807) is 10.4 Å². The van der Waals surface area contributed by atoms with E-state index in [9.17, 15) is 0 Å². The predicted molar refractivity (Wildman–Crippen MR) is 114 cm³/mol. The molecule has 0 aliphatic carbocycles. The number of hydrogen-bond acceptors (Lipinski definition) is 0. The second kappa shape index (κ2) is 5.84. The molecule has 0 saturated carbocycles. The van der Waals surface area contributed by atoms with Crippen molar-refractivity contribution in [2.24, 2.45) is 5.41 Å². The lowest BCUT2D eigenvalue weighted by Gasteiger charge is -2.30. The lowest BCUT2D eigenvalue weighted by atomic mass is 9.93. The van der Waals surface area contributed by atoms with Gasteiger partial charge in [-0.15, -0.1) is 0 Å². The molecule has 1 fully saturated rings. The Balaban J connectivity index is 2.33. The fraction of sp³-hybridized carbons (Fsp3) is 0.500. The van der Waals surface area contributed by atoms with Crippen molar-refractivity contribution >= 4 is 18.4 Å². The molecule has 0 N–H and O–H groups in total. The van der Waals surface area contributed by atoms with Crippen molar-refractivity contribution in [2.75, 3.05) is 0 Å². The van der Waals surface area contributed by atoms with Crippen LogP contribution in [0.2, 0.25) is 11.6 Å². The molecule has 1 heteroatoms. The fourth-order valence-corrected chi connectivity index (χ4v) is 13.4. The molecular formula is C24H34Si. The normalized spacial score (nSPS) is 19.2. The molecular weight excluding hydrogens is 316 g/mol. The first kappa shape index (κ1) is 18.4. The summed E-state index contributed by atoms with van der Waals surface area (Å²) in [6, 6.07) is 11.1. The zero-order valence-corrected chi connectivity index (χ0v) is 18.6. The van der Waals surface area contributed by atoms with Gasteiger partial charge in [0.05, 0.1) is 0 Å². The van der Waals surface area contributed by atoms with Crippen LogP contribution in [0.4, 0.5) is 0 Å². The summed E-state index contributed by atoms with van der Waals surface area (Å²) >= 11 is 0. The first-order valence-electron chi connectivity index (χ1n) is 9.65. The predicted octanol–water partition coefficient (Wildman–Crippen LogP) is 5.53. The summed E-state index contributed by atoms with van der Waals surface area (Å²) in [6.45, 7) is 21.2. The van der Waals surface area contributed by atoms with Gasteiger partial charge in [-0.05, 0) is 68.9 Å². The van der Waals surface area contributed by atoms with Crippen molar-refractivity contribution in [3.8, 4) is 0 Å². The lowest BCUT2D eigenvalue weighted by molar-refractivity contribution is 0.423. The van der Waals surface area contributed by atoms with Gasteiger partial charge in [-0.3, -0.25) is 0 Å². The zero-order chi connectivity index (χ0) is 18.7. The van der Waals surface area contributed by atoms with E-state index < -0.39 is 8.07 Å². The van der Waals surface area contributed by atoms with Crippen LogP contribution in [-0.2, 0) is 0 Å². The minimum Gasteiger partial charge on any atom is -0.0602 e. The van der Waals surface area contributed by atoms with E-state index in [-0.39, 0.29) is 0 Å². The molecule has 0 amide bonds. The molecule has 134 valence electrons. The monoisotopic (exact) mass is 350 g/mol. The number of hydrogen-bond donors (Lipinski definition) is 0. The molecule has 2 aromatic rings. The Morgan fingerprint density at radius 3 is 1.24 bits per heavy atom. The van der Waals surface area contributed by atoms with Gasteiger partial charge in [0.2, 0.25) is 0 Å². The van der Waals surface area contributed by atoms with Crippen LogP contribution < -0.4 is 10.4 Å². The maximum atomic E-state index is 2.45. The number of aryl methyl sites for hydroxylation is 6. The second-order valence-electron chi connectivity index (χ2n) is 9.64. The standard InChI is InChI=1S/C24H34Si/c1-15-10-17(3)22(18(4)11-15)25(14-21(25)24(7,8)9)23-19(5)12-16(2)13-20(23)6/h10-13,21H,14H2,1-9H3. The third-order valence-electron chi connectivity index (χ3n) is 6.25. The van der Waals surface area contributed by atoms with Crippen LogP contribution in [0.3, 0.4) is 0 Å². The molecule has 25 heavy (non-hydrogen) atoms. The first-order chi connectivity index (χ1) is 11.5. The van der Waals surface area contributed by atoms with Crippen molar-refractivity contribution in [1.82, 2.24) is 0 Å². The summed E-state index contributed by atoms with van der Waals surface area (Å²) in [5, 5.41) is 3.46. The molecule has 0 nitrogen and oxygen atoms in total. The molecule has 0 aromatic heterocycles. The highest BCUT2D eigenvalue weighted by Gasteiger charge is 2.64. The van der Waals surface area contributed by atoms with Crippen molar-refractivity contribution in [3.63, 3.8) is 0 Å². The molecule has 1 saturated heterocycles. The van der Waals surface area contributed by atoms with Gasteiger partial charge in [-0.25, -0.2) is 0 Å². The van der Waals surface area contributed by atoms with E-state index in [1.807, 2.05) is 0 Å². The highest BCUT2D eigenvalue weighted by atomic mass is 28.3. The average Bonchev–Trinajstić information content (AvgIpc) is 3.11. The van der Waals surface area contributed by atoms with Gasteiger partial charge in [0.25, 0.3) is 0 Å². The molecule has 0 bridgehead atoms. The van der Waals surface area contributed by atoms with Gasteiger partial charge in [0.1, 0.15) is 8.07 Å². The number of benzene rings is 2.